The smallest absolute Gasteiger partial charge is 0.143 e. The van der Waals surface area contributed by atoms with E-state index in [1.54, 1.807) is 7.11 Å². The monoisotopic (exact) mass is 232 g/mol. The Hall–Kier alpha value is -1.38. The molecule has 0 aromatic heterocycles. The topological polar surface area (TPSA) is 38.5 Å². The Morgan fingerprint density at radius 3 is 2.59 bits per heavy atom. The SMILES string of the molecule is COc1cc(N2CC3CCCC3C2)ccc1N. The van der Waals surface area contributed by atoms with Gasteiger partial charge in [0.25, 0.3) is 0 Å². The maximum absolute atomic E-state index is 5.85. The maximum atomic E-state index is 5.85. The number of hydrogen-bond donors (Lipinski definition) is 1. The summed E-state index contributed by atoms with van der Waals surface area (Å²) in [5, 5.41) is 0. The standard InChI is InChI=1S/C14H20N2O/c1-17-14-7-12(5-6-13(14)15)16-8-10-3-2-4-11(10)9-16/h5-7,10-11H,2-4,8-9,15H2,1H3. The van der Waals surface area contributed by atoms with Gasteiger partial charge in [-0.3, -0.25) is 0 Å². The Morgan fingerprint density at radius 2 is 1.94 bits per heavy atom. The van der Waals surface area contributed by atoms with Gasteiger partial charge in [0.05, 0.1) is 12.8 Å². The van der Waals surface area contributed by atoms with Crippen LogP contribution in [-0.4, -0.2) is 20.2 Å². The maximum Gasteiger partial charge on any atom is 0.143 e. The van der Waals surface area contributed by atoms with Crippen LogP contribution >= 0.6 is 0 Å². The fourth-order valence-corrected chi connectivity index (χ4v) is 3.34. The molecule has 0 bridgehead atoms. The molecule has 17 heavy (non-hydrogen) atoms. The number of benzene rings is 1. The molecule has 1 heterocycles. The molecule has 2 aliphatic rings. The molecule has 0 amide bonds. The van der Waals surface area contributed by atoms with Gasteiger partial charge in [-0.25, -0.2) is 0 Å². The molecule has 92 valence electrons. The minimum absolute atomic E-state index is 0.718. The van der Waals surface area contributed by atoms with Crippen molar-refractivity contribution in [3.63, 3.8) is 0 Å². The van der Waals surface area contributed by atoms with Gasteiger partial charge in [0.2, 0.25) is 0 Å². The lowest BCUT2D eigenvalue weighted by atomic mass is 10.0. The molecule has 1 aliphatic carbocycles. The second-order valence-corrected chi connectivity index (χ2v) is 5.28. The van der Waals surface area contributed by atoms with Gasteiger partial charge in [0.15, 0.2) is 0 Å². The summed E-state index contributed by atoms with van der Waals surface area (Å²) in [6, 6.07) is 6.12. The van der Waals surface area contributed by atoms with Crippen molar-refractivity contribution in [2.75, 3.05) is 30.8 Å². The number of methoxy groups -OCH3 is 1. The van der Waals surface area contributed by atoms with Crippen molar-refractivity contribution in [2.45, 2.75) is 19.3 Å². The lowest BCUT2D eigenvalue weighted by Crippen LogP contribution is -2.20. The van der Waals surface area contributed by atoms with Gasteiger partial charge < -0.3 is 15.4 Å². The summed E-state index contributed by atoms with van der Waals surface area (Å²) in [6.07, 6.45) is 4.24. The zero-order chi connectivity index (χ0) is 11.8. The number of nitrogens with two attached hydrogens (primary N) is 1. The summed E-state index contributed by atoms with van der Waals surface area (Å²) >= 11 is 0. The highest BCUT2D eigenvalue weighted by Crippen LogP contribution is 2.40. The van der Waals surface area contributed by atoms with Crippen molar-refractivity contribution in [3.8, 4) is 5.75 Å². The summed E-state index contributed by atoms with van der Waals surface area (Å²) in [5.74, 6) is 2.62. The fraction of sp³-hybridized carbons (Fsp3) is 0.571. The van der Waals surface area contributed by atoms with E-state index in [0.717, 1.165) is 23.3 Å². The fourth-order valence-electron chi connectivity index (χ4n) is 3.34. The molecule has 2 fully saturated rings. The first-order chi connectivity index (χ1) is 8.28. The van der Waals surface area contributed by atoms with E-state index >= 15 is 0 Å². The third kappa shape index (κ3) is 1.84. The predicted molar refractivity (Wildman–Crippen MR) is 70.5 cm³/mol. The van der Waals surface area contributed by atoms with Crippen LogP contribution in [0.25, 0.3) is 0 Å². The van der Waals surface area contributed by atoms with Gasteiger partial charge in [-0.05, 0) is 36.8 Å². The highest BCUT2D eigenvalue weighted by atomic mass is 16.5. The summed E-state index contributed by atoms with van der Waals surface area (Å²) in [4.78, 5) is 2.48. The van der Waals surface area contributed by atoms with Crippen LogP contribution in [0.15, 0.2) is 18.2 Å². The van der Waals surface area contributed by atoms with Crippen molar-refractivity contribution in [2.24, 2.45) is 11.8 Å². The first-order valence-electron chi connectivity index (χ1n) is 6.46. The number of nitrogens with zero attached hydrogens (tertiary/aromatic N) is 1. The molecule has 1 aromatic carbocycles. The van der Waals surface area contributed by atoms with Crippen LogP contribution in [0.4, 0.5) is 11.4 Å². The molecule has 1 saturated carbocycles. The van der Waals surface area contributed by atoms with Gasteiger partial charge in [-0.1, -0.05) is 6.42 Å². The van der Waals surface area contributed by atoms with Gasteiger partial charge >= 0.3 is 0 Å². The Balaban J connectivity index is 1.81. The first kappa shape index (κ1) is 10.8. The van der Waals surface area contributed by atoms with E-state index in [4.69, 9.17) is 10.5 Å². The zero-order valence-electron chi connectivity index (χ0n) is 10.4. The molecular weight excluding hydrogens is 212 g/mol. The number of ether oxygens (including phenoxy) is 1. The Morgan fingerprint density at radius 1 is 1.24 bits per heavy atom. The lowest BCUT2D eigenvalue weighted by molar-refractivity contribution is 0.417. The normalized spacial score (nSPS) is 27.2. The van der Waals surface area contributed by atoms with E-state index < -0.39 is 0 Å². The van der Waals surface area contributed by atoms with Crippen molar-refractivity contribution in [3.05, 3.63) is 18.2 Å². The lowest BCUT2D eigenvalue weighted by Gasteiger charge is -2.20. The molecule has 3 heteroatoms. The molecule has 3 nitrogen and oxygen atoms in total. The van der Waals surface area contributed by atoms with Gasteiger partial charge in [0, 0.05) is 24.8 Å². The highest BCUT2D eigenvalue weighted by molar-refractivity contribution is 5.62. The molecule has 1 saturated heterocycles. The van der Waals surface area contributed by atoms with Crippen molar-refractivity contribution >= 4 is 11.4 Å². The van der Waals surface area contributed by atoms with E-state index in [-0.39, 0.29) is 0 Å². The average molecular weight is 232 g/mol. The third-order valence-electron chi connectivity index (χ3n) is 4.31. The van der Waals surface area contributed by atoms with Gasteiger partial charge in [0.1, 0.15) is 5.75 Å². The molecule has 2 atom stereocenters. The Kier molecular flexibility index (Phi) is 2.61. The Labute approximate surface area is 103 Å². The van der Waals surface area contributed by atoms with Crippen LogP contribution < -0.4 is 15.4 Å². The van der Waals surface area contributed by atoms with Gasteiger partial charge in [-0.15, -0.1) is 0 Å². The Bertz CT molecular complexity index is 407. The van der Waals surface area contributed by atoms with Crippen LogP contribution in [0.1, 0.15) is 19.3 Å². The largest absolute Gasteiger partial charge is 0.495 e. The van der Waals surface area contributed by atoms with Crippen molar-refractivity contribution in [1.82, 2.24) is 0 Å². The van der Waals surface area contributed by atoms with Crippen LogP contribution in [0.5, 0.6) is 5.75 Å². The number of anilines is 2. The minimum atomic E-state index is 0.718. The second kappa shape index (κ2) is 4.13. The molecule has 2 N–H and O–H groups in total. The van der Waals surface area contributed by atoms with Gasteiger partial charge in [-0.2, -0.15) is 0 Å². The van der Waals surface area contributed by atoms with E-state index in [9.17, 15) is 0 Å². The molecule has 3 rings (SSSR count). The van der Waals surface area contributed by atoms with Crippen LogP contribution in [0.2, 0.25) is 0 Å². The number of fused-ring (bicyclic) bond motifs is 1. The quantitative estimate of drug-likeness (QED) is 0.796. The van der Waals surface area contributed by atoms with E-state index in [1.165, 1.54) is 38.0 Å². The first-order valence-corrected chi connectivity index (χ1v) is 6.46. The molecule has 2 unspecified atom stereocenters. The average Bonchev–Trinajstić information content (AvgIpc) is 2.90. The van der Waals surface area contributed by atoms with E-state index in [2.05, 4.69) is 17.0 Å². The predicted octanol–water partition coefficient (Wildman–Crippen LogP) is 2.51. The number of rotatable bonds is 2. The van der Waals surface area contributed by atoms with E-state index in [1.807, 2.05) is 6.07 Å². The molecule has 0 radical (unpaired) electrons. The summed E-state index contributed by atoms with van der Waals surface area (Å²) in [5.41, 5.74) is 7.82. The molecule has 0 spiro atoms. The number of hydrogen-bond acceptors (Lipinski definition) is 3. The van der Waals surface area contributed by atoms with Crippen LogP contribution in [0, 0.1) is 11.8 Å². The molecule has 1 aliphatic heterocycles. The number of nitrogen functional groups attached to an aromatic ring is 1. The third-order valence-corrected chi connectivity index (χ3v) is 4.31. The summed E-state index contributed by atoms with van der Waals surface area (Å²) < 4.78 is 5.29. The van der Waals surface area contributed by atoms with Crippen molar-refractivity contribution < 1.29 is 4.74 Å². The second-order valence-electron chi connectivity index (χ2n) is 5.28. The molecule has 1 aromatic rings. The summed E-state index contributed by atoms with van der Waals surface area (Å²) in [7, 11) is 1.67. The minimum Gasteiger partial charge on any atom is -0.495 e. The zero-order valence-corrected chi connectivity index (χ0v) is 10.4. The molecular formula is C14H20N2O. The summed E-state index contributed by atoms with van der Waals surface area (Å²) in [6.45, 7) is 2.41. The highest BCUT2D eigenvalue weighted by Gasteiger charge is 2.36. The van der Waals surface area contributed by atoms with Crippen LogP contribution in [-0.2, 0) is 0 Å². The van der Waals surface area contributed by atoms with E-state index in [0.29, 0.717) is 0 Å². The van der Waals surface area contributed by atoms with Crippen LogP contribution in [0.3, 0.4) is 0 Å². The van der Waals surface area contributed by atoms with Crippen molar-refractivity contribution in [1.29, 1.82) is 0 Å².